The van der Waals surface area contributed by atoms with Gasteiger partial charge in [-0.25, -0.2) is 0 Å². The monoisotopic (exact) mass is 247 g/mol. The van der Waals surface area contributed by atoms with Gasteiger partial charge in [0.15, 0.2) is 0 Å². The Morgan fingerprint density at radius 2 is 2.11 bits per heavy atom. The lowest BCUT2D eigenvalue weighted by molar-refractivity contribution is 0.100. The van der Waals surface area contributed by atoms with E-state index in [1.807, 2.05) is 18.2 Å². The number of rotatable bonds is 4. The Hall–Kier alpha value is -1.55. The number of primary amides is 1. The van der Waals surface area contributed by atoms with Crippen molar-refractivity contribution in [2.45, 2.75) is 31.7 Å². The Bertz CT molecular complexity index is 419. The maximum absolute atomic E-state index is 11.1. The molecule has 98 valence electrons. The number of amides is 1. The fourth-order valence-electron chi connectivity index (χ4n) is 2.66. The molecule has 0 heterocycles. The highest BCUT2D eigenvalue weighted by molar-refractivity contribution is 5.93. The largest absolute Gasteiger partial charge is 0.382 e. The maximum Gasteiger partial charge on any atom is 0.248 e. The van der Waals surface area contributed by atoms with Gasteiger partial charge in [0.25, 0.3) is 0 Å². The maximum atomic E-state index is 11.1. The number of benzene rings is 1. The first-order valence-electron chi connectivity index (χ1n) is 6.57. The highest BCUT2D eigenvalue weighted by Gasteiger charge is 2.23. The van der Waals surface area contributed by atoms with E-state index < -0.39 is 5.91 Å². The van der Waals surface area contributed by atoms with Crippen LogP contribution in [0, 0.1) is 5.92 Å². The van der Waals surface area contributed by atoms with Gasteiger partial charge in [0.2, 0.25) is 5.91 Å². The Morgan fingerprint density at radius 3 is 2.83 bits per heavy atom. The molecule has 1 aliphatic carbocycles. The highest BCUT2D eigenvalue weighted by atomic mass is 16.1. The van der Waals surface area contributed by atoms with Crippen molar-refractivity contribution in [3.8, 4) is 0 Å². The predicted octanol–water partition coefficient (Wildman–Crippen LogP) is 1.71. The molecule has 5 N–H and O–H groups in total. The number of nitrogens with two attached hydrogens (primary N) is 2. The Balaban J connectivity index is 2.07. The number of carbonyl (C=O) groups is 1. The molecule has 1 amide bonds. The molecule has 1 aromatic rings. The van der Waals surface area contributed by atoms with E-state index >= 15 is 0 Å². The van der Waals surface area contributed by atoms with Crippen molar-refractivity contribution in [3.63, 3.8) is 0 Å². The van der Waals surface area contributed by atoms with E-state index in [4.69, 9.17) is 11.5 Å². The van der Waals surface area contributed by atoms with E-state index in [-0.39, 0.29) is 0 Å². The van der Waals surface area contributed by atoms with Crippen LogP contribution in [-0.2, 0) is 0 Å². The van der Waals surface area contributed by atoms with Gasteiger partial charge >= 0.3 is 0 Å². The van der Waals surface area contributed by atoms with Gasteiger partial charge in [0, 0.05) is 17.3 Å². The summed E-state index contributed by atoms with van der Waals surface area (Å²) in [6.45, 7) is 0.715. The quantitative estimate of drug-likeness (QED) is 0.757. The third kappa shape index (κ3) is 3.01. The molecule has 0 bridgehead atoms. The minimum absolute atomic E-state index is 0.391. The topological polar surface area (TPSA) is 81.1 Å². The first kappa shape index (κ1) is 12.9. The standard InChI is InChI=1S/C14H21N3O/c15-9-11-4-1-2-7-13(11)17-12-6-3-5-10(8-12)14(16)18/h3,5-6,8,11,13,17H,1-2,4,7,9,15H2,(H2,16,18). The molecule has 1 fully saturated rings. The second-order valence-corrected chi connectivity index (χ2v) is 4.98. The predicted molar refractivity (Wildman–Crippen MR) is 73.4 cm³/mol. The van der Waals surface area contributed by atoms with E-state index in [2.05, 4.69) is 5.32 Å². The van der Waals surface area contributed by atoms with Crippen LogP contribution >= 0.6 is 0 Å². The van der Waals surface area contributed by atoms with Crippen LogP contribution in [0.2, 0.25) is 0 Å². The number of anilines is 1. The van der Waals surface area contributed by atoms with Crippen LogP contribution in [0.15, 0.2) is 24.3 Å². The molecule has 0 spiro atoms. The van der Waals surface area contributed by atoms with E-state index in [9.17, 15) is 4.79 Å². The van der Waals surface area contributed by atoms with Crippen molar-refractivity contribution < 1.29 is 4.79 Å². The fourth-order valence-corrected chi connectivity index (χ4v) is 2.66. The van der Waals surface area contributed by atoms with Crippen LogP contribution in [0.5, 0.6) is 0 Å². The van der Waals surface area contributed by atoms with Crippen molar-refractivity contribution in [2.75, 3.05) is 11.9 Å². The van der Waals surface area contributed by atoms with Crippen molar-refractivity contribution in [1.29, 1.82) is 0 Å². The van der Waals surface area contributed by atoms with Crippen LogP contribution in [0.25, 0.3) is 0 Å². The van der Waals surface area contributed by atoms with E-state index in [1.165, 1.54) is 19.3 Å². The zero-order valence-electron chi connectivity index (χ0n) is 10.6. The molecule has 1 saturated carbocycles. The smallest absolute Gasteiger partial charge is 0.248 e. The minimum Gasteiger partial charge on any atom is -0.382 e. The normalized spacial score (nSPS) is 23.6. The fraction of sp³-hybridized carbons (Fsp3) is 0.500. The summed E-state index contributed by atoms with van der Waals surface area (Å²) in [6, 6.07) is 7.77. The number of carbonyl (C=O) groups excluding carboxylic acids is 1. The molecule has 4 heteroatoms. The molecule has 18 heavy (non-hydrogen) atoms. The molecular weight excluding hydrogens is 226 g/mol. The summed E-state index contributed by atoms with van der Waals surface area (Å²) in [7, 11) is 0. The van der Waals surface area contributed by atoms with Crippen molar-refractivity contribution >= 4 is 11.6 Å². The van der Waals surface area contributed by atoms with Crippen LogP contribution in [0.1, 0.15) is 36.0 Å². The van der Waals surface area contributed by atoms with Gasteiger partial charge in [0.05, 0.1) is 0 Å². The van der Waals surface area contributed by atoms with Gasteiger partial charge in [-0.15, -0.1) is 0 Å². The first-order chi connectivity index (χ1) is 8.70. The van der Waals surface area contributed by atoms with Gasteiger partial charge in [0.1, 0.15) is 0 Å². The lowest BCUT2D eigenvalue weighted by Crippen LogP contribution is -2.36. The molecule has 0 saturated heterocycles. The zero-order valence-corrected chi connectivity index (χ0v) is 10.6. The molecule has 4 nitrogen and oxygen atoms in total. The molecule has 1 aromatic carbocycles. The van der Waals surface area contributed by atoms with Gasteiger partial charge in [-0.05, 0) is 43.5 Å². The molecule has 2 unspecified atom stereocenters. The molecule has 1 aliphatic rings. The minimum atomic E-state index is -0.391. The third-order valence-electron chi connectivity index (χ3n) is 3.71. The summed E-state index contributed by atoms with van der Waals surface area (Å²) in [5.74, 6) is 0.133. The summed E-state index contributed by atoms with van der Waals surface area (Å²) in [5.41, 5.74) is 12.6. The van der Waals surface area contributed by atoms with Gasteiger partial charge in [-0.2, -0.15) is 0 Å². The van der Waals surface area contributed by atoms with Gasteiger partial charge in [-0.3, -0.25) is 4.79 Å². The summed E-state index contributed by atoms with van der Waals surface area (Å²) < 4.78 is 0. The first-order valence-corrected chi connectivity index (χ1v) is 6.57. The van der Waals surface area contributed by atoms with Crippen LogP contribution in [0.4, 0.5) is 5.69 Å². The Kier molecular flexibility index (Phi) is 4.20. The molecule has 2 rings (SSSR count). The van der Waals surface area contributed by atoms with Crippen molar-refractivity contribution in [1.82, 2.24) is 0 Å². The van der Waals surface area contributed by atoms with Crippen LogP contribution < -0.4 is 16.8 Å². The number of nitrogens with one attached hydrogen (secondary N) is 1. The molecule has 2 atom stereocenters. The van der Waals surface area contributed by atoms with Crippen LogP contribution in [-0.4, -0.2) is 18.5 Å². The lowest BCUT2D eigenvalue weighted by Gasteiger charge is -2.32. The lowest BCUT2D eigenvalue weighted by atomic mass is 9.84. The number of hydrogen-bond acceptors (Lipinski definition) is 3. The number of hydrogen-bond donors (Lipinski definition) is 3. The molecular formula is C14H21N3O. The highest BCUT2D eigenvalue weighted by Crippen LogP contribution is 2.26. The Labute approximate surface area is 108 Å². The van der Waals surface area contributed by atoms with Crippen LogP contribution in [0.3, 0.4) is 0 Å². The molecule has 0 aliphatic heterocycles. The summed E-state index contributed by atoms with van der Waals surface area (Å²) >= 11 is 0. The van der Waals surface area contributed by atoms with E-state index in [1.54, 1.807) is 6.07 Å². The average molecular weight is 247 g/mol. The average Bonchev–Trinajstić information content (AvgIpc) is 2.39. The van der Waals surface area contributed by atoms with E-state index in [0.29, 0.717) is 24.1 Å². The summed E-state index contributed by atoms with van der Waals surface area (Å²) in [4.78, 5) is 11.1. The summed E-state index contributed by atoms with van der Waals surface area (Å²) in [5, 5.41) is 3.49. The molecule has 0 aromatic heterocycles. The Morgan fingerprint density at radius 1 is 1.33 bits per heavy atom. The zero-order chi connectivity index (χ0) is 13.0. The van der Waals surface area contributed by atoms with Crippen molar-refractivity contribution in [3.05, 3.63) is 29.8 Å². The SMILES string of the molecule is NCC1CCCCC1Nc1cccc(C(N)=O)c1. The summed E-state index contributed by atoms with van der Waals surface area (Å²) in [6.07, 6.45) is 4.83. The van der Waals surface area contributed by atoms with E-state index in [0.717, 1.165) is 12.1 Å². The van der Waals surface area contributed by atoms with Gasteiger partial charge < -0.3 is 16.8 Å². The molecule has 0 radical (unpaired) electrons. The second kappa shape index (κ2) is 5.87. The third-order valence-corrected chi connectivity index (χ3v) is 3.71. The second-order valence-electron chi connectivity index (χ2n) is 4.98. The van der Waals surface area contributed by atoms with Gasteiger partial charge in [-0.1, -0.05) is 18.9 Å². The van der Waals surface area contributed by atoms with Crippen molar-refractivity contribution in [2.24, 2.45) is 17.4 Å².